The molecule has 3 nitrogen and oxygen atoms in total. The molecule has 0 bridgehead atoms. The average molecular weight is 245 g/mol. The molecule has 1 aromatic carbocycles. The fraction of sp³-hybridized carbons (Fsp3) is 0.400. The molecule has 0 aliphatic rings. The maximum Gasteiger partial charge on any atom is 0.168 e. The minimum absolute atomic E-state index is 0.107. The van der Waals surface area contributed by atoms with Gasteiger partial charge >= 0.3 is 0 Å². The van der Waals surface area contributed by atoms with Crippen molar-refractivity contribution in [2.45, 2.75) is 26.7 Å². The number of ether oxygens (including phenoxy) is 1. The van der Waals surface area contributed by atoms with Gasteiger partial charge < -0.3 is 9.72 Å². The quantitative estimate of drug-likeness (QED) is 0.814. The molecule has 96 valence electrons. The Morgan fingerprint density at radius 1 is 1.33 bits per heavy atom. The number of hydrogen-bond acceptors (Lipinski definition) is 2. The van der Waals surface area contributed by atoms with Gasteiger partial charge in [-0.05, 0) is 31.0 Å². The Labute approximate surface area is 107 Å². The number of ketones is 1. The zero-order valence-corrected chi connectivity index (χ0v) is 11.1. The van der Waals surface area contributed by atoms with Crippen LogP contribution in [0, 0.1) is 5.92 Å². The third-order valence-electron chi connectivity index (χ3n) is 3.51. The number of Topliss-reactive ketones (excluding diaryl/α,β-unsaturated/α-hetero) is 1. The first-order chi connectivity index (χ1) is 8.71. The molecule has 2 aromatic rings. The second kappa shape index (κ2) is 5.25. The summed E-state index contributed by atoms with van der Waals surface area (Å²) in [6, 6.07) is 5.75. The van der Waals surface area contributed by atoms with Crippen molar-refractivity contribution >= 4 is 16.7 Å². The van der Waals surface area contributed by atoms with Crippen LogP contribution in [0.4, 0.5) is 0 Å². The molecule has 0 amide bonds. The van der Waals surface area contributed by atoms with Crippen molar-refractivity contribution < 1.29 is 9.53 Å². The number of hydrogen-bond donors (Lipinski definition) is 1. The fourth-order valence-corrected chi connectivity index (χ4v) is 2.31. The van der Waals surface area contributed by atoms with Gasteiger partial charge in [-0.25, -0.2) is 0 Å². The van der Waals surface area contributed by atoms with Crippen molar-refractivity contribution in [3.63, 3.8) is 0 Å². The van der Waals surface area contributed by atoms with Gasteiger partial charge in [0.2, 0.25) is 0 Å². The number of aromatic nitrogens is 1. The number of nitrogens with one attached hydrogen (secondary N) is 1. The summed E-state index contributed by atoms with van der Waals surface area (Å²) in [7, 11) is 1.64. The lowest BCUT2D eigenvalue weighted by molar-refractivity contribution is 0.0915. The number of H-pyrrole nitrogens is 1. The predicted molar refractivity (Wildman–Crippen MR) is 73.3 cm³/mol. The second-order valence-corrected chi connectivity index (χ2v) is 4.49. The van der Waals surface area contributed by atoms with Crippen LogP contribution in [-0.2, 0) is 0 Å². The van der Waals surface area contributed by atoms with E-state index in [1.165, 1.54) is 0 Å². The van der Waals surface area contributed by atoms with Gasteiger partial charge in [-0.3, -0.25) is 4.79 Å². The van der Waals surface area contributed by atoms with E-state index in [4.69, 9.17) is 4.74 Å². The Morgan fingerprint density at radius 3 is 2.67 bits per heavy atom. The van der Waals surface area contributed by atoms with E-state index < -0.39 is 0 Å². The average Bonchev–Trinajstić information content (AvgIpc) is 2.82. The summed E-state index contributed by atoms with van der Waals surface area (Å²) in [4.78, 5) is 15.6. The van der Waals surface area contributed by atoms with Crippen molar-refractivity contribution in [1.82, 2.24) is 4.98 Å². The Hall–Kier alpha value is -1.77. The number of fused-ring (bicyclic) bond motifs is 1. The molecule has 0 radical (unpaired) electrons. The molecule has 0 aliphatic heterocycles. The van der Waals surface area contributed by atoms with Gasteiger partial charge in [-0.1, -0.05) is 13.8 Å². The zero-order chi connectivity index (χ0) is 13.1. The SMILES string of the molecule is CCC(CC)C(=O)c1c[nH]c2ccc(OC)cc12. The minimum Gasteiger partial charge on any atom is -0.497 e. The second-order valence-electron chi connectivity index (χ2n) is 4.49. The van der Waals surface area contributed by atoms with E-state index in [1.807, 2.05) is 24.4 Å². The fourth-order valence-electron chi connectivity index (χ4n) is 2.31. The van der Waals surface area contributed by atoms with Gasteiger partial charge in [0.15, 0.2) is 5.78 Å². The molecule has 0 saturated carbocycles. The van der Waals surface area contributed by atoms with E-state index in [1.54, 1.807) is 7.11 Å². The summed E-state index contributed by atoms with van der Waals surface area (Å²) in [6.45, 7) is 4.11. The normalized spacial score (nSPS) is 11.1. The molecule has 1 aromatic heterocycles. The van der Waals surface area contributed by atoms with Crippen molar-refractivity contribution in [2.75, 3.05) is 7.11 Å². The van der Waals surface area contributed by atoms with Crippen LogP contribution in [0.3, 0.4) is 0 Å². The van der Waals surface area contributed by atoms with E-state index in [0.717, 1.165) is 35.1 Å². The van der Waals surface area contributed by atoms with Crippen LogP contribution in [0.25, 0.3) is 10.9 Å². The summed E-state index contributed by atoms with van der Waals surface area (Å²) in [5.41, 5.74) is 1.75. The number of methoxy groups -OCH3 is 1. The lowest BCUT2D eigenvalue weighted by atomic mass is 9.93. The highest BCUT2D eigenvalue weighted by Crippen LogP contribution is 2.26. The van der Waals surface area contributed by atoms with Crippen molar-refractivity contribution in [3.8, 4) is 5.75 Å². The van der Waals surface area contributed by atoms with E-state index in [-0.39, 0.29) is 11.7 Å². The third kappa shape index (κ3) is 2.13. The smallest absolute Gasteiger partial charge is 0.168 e. The van der Waals surface area contributed by atoms with E-state index in [9.17, 15) is 4.79 Å². The molecule has 0 saturated heterocycles. The zero-order valence-electron chi connectivity index (χ0n) is 11.1. The highest BCUT2D eigenvalue weighted by atomic mass is 16.5. The van der Waals surface area contributed by atoms with Gasteiger partial charge in [-0.2, -0.15) is 0 Å². The first kappa shape index (κ1) is 12.7. The Bertz CT molecular complexity index is 553. The maximum atomic E-state index is 12.4. The van der Waals surface area contributed by atoms with Gasteiger partial charge in [0.05, 0.1) is 7.11 Å². The predicted octanol–water partition coefficient (Wildman–Crippen LogP) is 3.80. The molecule has 18 heavy (non-hydrogen) atoms. The first-order valence-electron chi connectivity index (χ1n) is 6.40. The number of benzene rings is 1. The summed E-state index contributed by atoms with van der Waals surface area (Å²) in [6.07, 6.45) is 3.57. The van der Waals surface area contributed by atoms with Crippen molar-refractivity contribution in [1.29, 1.82) is 0 Å². The topological polar surface area (TPSA) is 42.1 Å². The van der Waals surface area contributed by atoms with Crippen LogP contribution in [0.5, 0.6) is 5.75 Å². The largest absolute Gasteiger partial charge is 0.497 e. The van der Waals surface area contributed by atoms with Gasteiger partial charge in [0.25, 0.3) is 0 Å². The highest BCUT2D eigenvalue weighted by molar-refractivity contribution is 6.09. The summed E-state index contributed by atoms with van der Waals surface area (Å²) >= 11 is 0. The Balaban J connectivity index is 2.47. The molecule has 0 aliphatic carbocycles. The van der Waals surface area contributed by atoms with Crippen LogP contribution >= 0.6 is 0 Å². The summed E-state index contributed by atoms with van der Waals surface area (Å²) in [5.74, 6) is 1.11. The van der Waals surface area contributed by atoms with Gasteiger partial charge in [0.1, 0.15) is 5.75 Å². The van der Waals surface area contributed by atoms with Crippen molar-refractivity contribution in [2.24, 2.45) is 5.92 Å². The van der Waals surface area contributed by atoms with Crippen molar-refractivity contribution in [3.05, 3.63) is 30.0 Å². The Morgan fingerprint density at radius 2 is 2.06 bits per heavy atom. The molecular formula is C15H19NO2. The molecular weight excluding hydrogens is 226 g/mol. The molecule has 2 rings (SSSR count). The van der Waals surface area contributed by atoms with E-state index >= 15 is 0 Å². The highest BCUT2D eigenvalue weighted by Gasteiger charge is 2.19. The molecule has 0 unspecified atom stereocenters. The number of carbonyl (C=O) groups excluding carboxylic acids is 1. The lowest BCUT2D eigenvalue weighted by Gasteiger charge is -2.10. The monoisotopic (exact) mass is 245 g/mol. The number of carbonyl (C=O) groups is 1. The molecule has 1 heterocycles. The molecule has 3 heteroatoms. The van der Waals surface area contributed by atoms with Crippen LogP contribution in [-0.4, -0.2) is 17.9 Å². The van der Waals surface area contributed by atoms with Crippen LogP contribution in [0.2, 0.25) is 0 Å². The van der Waals surface area contributed by atoms with E-state index in [2.05, 4.69) is 18.8 Å². The number of aromatic amines is 1. The summed E-state index contributed by atoms with van der Waals surface area (Å²) < 4.78 is 5.21. The Kier molecular flexibility index (Phi) is 3.70. The molecule has 0 atom stereocenters. The molecule has 0 fully saturated rings. The third-order valence-corrected chi connectivity index (χ3v) is 3.51. The molecule has 1 N–H and O–H groups in total. The maximum absolute atomic E-state index is 12.4. The van der Waals surface area contributed by atoms with Crippen LogP contribution in [0.1, 0.15) is 37.0 Å². The van der Waals surface area contributed by atoms with Gasteiger partial charge in [0, 0.05) is 28.6 Å². The molecule has 0 spiro atoms. The first-order valence-corrected chi connectivity index (χ1v) is 6.40. The van der Waals surface area contributed by atoms with Gasteiger partial charge in [-0.15, -0.1) is 0 Å². The van der Waals surface area contributed by atoms with E-state index in [0.29, 0.717) is 0 Å². The number of rotatable bonds is 5. The standard InChI is InChI=1S/C15H19NO2/c1-4-10(5-2)15(17)13-9-16-14-7-6-11(18-3)8-12(13)14/h6-10,16H,4-5H2,1-3H3. The minimum atomic E-state index is 0.107. The van der Waals surface area contributed by atoms with Crippen LogP contribution in [0.15, 0.2) is 24.4 Å². The lowest BCUT2D eigenvalue weighted by Crippen LogP contribution is -2.12. The summed E-state index contributed by atoms with van der Waals surface area (Å²) in [5, 5.41) is 0.950. The van der Waals surface area contributed by atoms with Crippen LogP contribution < -0.4 is 4.74 Å².